The van der Waals surface area contributed by atoms with Gasteiger partial charge in [-0.2, -0.15) is 0 Å². The average Bonchev–Trinajstić information content (AvgIpc) is 2.84. The zero-order chi connectivity index (χ0) is 20.1. The third-order valence-corrected chi connectivity index (χ3v) is 4.64. The highest BCUT2D eigenvalue weighted by Gasteiger charge is 2.41. The van der Waals surface area contributed by atoms with Gasteiger partial charge in [0.05, 0.1) is 11.3 Å². The fourth-order valence-electron chi connectivity index (χ4n) is 2.19. The van der Waals surface area contributed by atoms with Gasteiger partial charge < -0.3 is 20.1 Å². The predicted molar refractivity (Wildman–Crippen MR) is 98.3 cm³/mol. The Kier molecular flexibility index (Phi) is 6.53. The third kappa shape index (κ3) is 5.28. The van der Waals surface area contributed by atoms with Crippen molar-refractivity contribution in [2.24, 2.45) is 0 Å². The van der Waals surface area contributed by atoms with Crippen LogP contribution in [0.25, 0.3) is 6.08 Å². The summed E-state index contributed by atoms with van der Waals surface area (Å²) in [5.74, 6) is -4.42. The third-order valence-electron chi connectivity index (χ3n) is 3.31. The highest BCUT2D eigenvalue weighted by atomic mass is 32.2. The number of carboxylic acid groups (broad SMARTS) is 3. The number of amides is 1. The highest BCUT2D eigenvalue weighted by molar-refractivity contribution is 8.26. The standard InChI is InChI=1S/C16H13NO8S2/c18-12(19)6-10(15(23)24)17-14(22)11(27-16(17)26)5-8-2-1-3-9(4-8)25-7-13(20)21/h1-5,10H,6-7H2,(H,18,19)(H,20,21)(H,23,24)/b11-5-. The number of nitrogens with zero attached hydrogens (tertiary/aromatic N) is 1. The van der Waals surface area contributed by atoms with Crippen LogP contribution in [0.15, 0.2) is 29.2 Å². The maximum atomic E-state index is 12.5. The van der Waals surface area contributed by atoms with Crippen LogP contribution in [0.2, 0.25) is 0 Å². The van der Waals surface area contributed by atoms with Crippen LogP contribution in [0.1, 0.15) is 12.0 Å². The number of aliphatic carboxylic acids is 3. The van der Waals surface area contributed by atoms with Crippen LogP contribution in [0, 0.1) is 0 Å². The van der Waals surface area contributed by atoms with Gasteiger partial charge in [-0.3, -0.25) is 14.5 Å². The number of carbonyl (C=O) groups excluding carboxylic acids is 1. The number of hydrogen-bond donors (Lipinski definition) is 3. The molecule has 1 fully saturated rings. The quantitative estimate of drug-likeness (QED) is 0.423. The molecule has 1 atom stereocenters. The van der Waals surface area contributed by atoms with Gasteiger partial charge in [0, 0.05) is 0 Å². The van der Waals surface area contributed by atoms with Crippen molar-refractivity contribution in [1.29, 1.82) is 0 Å². The number of carboxylic acids is 3. The van der Waals surface area contributed by atoms with Crippen molar-refractivity contribution in [2.45, 2.75) is 12.5 Å². The van der Waals surface area contributed by atoms with E-state index in [0.717, 1.165) is 16.7 Å². The van der Waals surface area contributed by atoms with Crippen molar-refractivity contribution >= 4 is 58.2 Å². The lowest BCUT2D eigenvalue weighted by Gasteiger charge is -2.21. The van der Waals surface area contributed by atoms with E-state index in [9.17, 15) is 24.3 Å². The Bertz CT molecular complexity index is 851. The van der Waals surface area contributed by atoms with Gasteiger partial charge in [-0.15, -0.1) is 0 Å². The van der Waals surface area contributed by atoms with Crippen LogP contribution in [0.3, 0.4) is 0 Å². The molecule has 3 N–H and O–H groups in total. The van der Waals surface area contributed by atoms with Gasteiger partial charge in [-0.25, -0.2) is 9.59 Å². The molecule has 142 valence electrons. The van der Waals surface area contributed by atoms with Crippen molar-refractivity contribution in [3.63, 3.8) is 0 Å². The lowest BCUT2D eigenvalue weighted by atomic mass is 10.1. The molecule has 1 amide bonds. The monoisotopic (exact) mass is 411 g/mol. The van der Waals surface area contributed by atoms with Crippen molar-refractivity contribution in [1.82, 2.24) is 4.90 Å². The molecule has 0 aliphatic carbocycles. The molecule has 0 bridgehead atoms. The Balaban J connectivity index is 2.25. The van der Waals surface area contributed by atoms with Crippen LogP contribution >= 0.6 is 24.0 Å². The smallest absolute Gasteiger partial charge is 0.341 e. The normalized spacial score (nSPS) is 16.4. The first-order chi connectivity index (χ1) is 12.7. The van der Waals surface area contributed by atoms with Gasteiger partial charge >= 0.3 is 17.9 Å². The molecule has 0 aromatic heterocycles. The van der Waals surface area contributed by atoms with Crippen LogP contribution in [-0.4, -0.2) is 61.0 Å². The second-order valence-electron chi connectivity index (χ2n) is 5.26. The van der Waals surface area contributed by atoms with E-state index in [4.69, 9.17) is 27.2 Å². The van der Waals surface area contributed by atoms with Gasteiger partial charge in [0.25, 0.3) is 5.91 Å². The minimum atomic E-state index is -1.61. The summed E-state index contributed by atoms with van der Waals surface area (Å²) in [5.41, 5.74) is 0.503. The molecule has 1 aliphatic rings. The molecule has 11 heteroatoms. The minimum absolute atomic E-state index is 0.0572. The molecular formula is C16H13NO8S2. The van der Waals surface area contributed by atoms with E-state index in [-0.39, 0.29) is 15.0 Å². The van der Waals surface area contributed by atoms with Crippen LogP contribution in [0.5, 0.6) is 5.75 Å². The molecule has 1 aromatic carbocycles. The maximum absolute atomic E-state index is 12.5. The Morgan fingerprint density at radius 2 is 1.93 bits per heavy atom. The highest BCUT2D eigenvalue weighted by Crippen LogP contribution is 2.35. The largest absolute Gasteiger partial charge is 0.482 e. The van der Waals surface area contributed by atoms with Gasteiger partial charge in [0.1, 0.15) is 16.1 Å². The lowest BCUT2D eigenvalue weighted by molar-refractivity contribution is -0.150. The zero-order valence-electron chi connectivity index (χ0n) is 13.5. The predicted octanol–water partition coefficient (Wildman–Crippen LogP) is 1.28. The molecule has 0 spiro atoms. The summed E-state index contributed by atoms with van der Waals surface area (Å²) in [6.07, 6.45) is 0.653. The van der Waals surface area contributed by atoms with Gasteiger partial charge in [0.2, 0.25) is 0 Å². The summed E-state index contributed by atoms with van der Waals surface area (Å²) >= 11 is 5.89. The number of ether oxygens (including phenoxy) is 1. The summed E-state index contributed by atoms with van der Waals surface area (Å²) in [7, 11) is 0. The first kappa shape index (κ1) is 20.4. The minimum Gasteiger partial charge on any atom is -0.482 e. The summed E-state index contributed by atoms with van der Waals surface area (Å²) in [6.45, 7) is -0.527. The van der Waals surface area contributed by atoms with Gasteiger partial charge in [0.15, 0.2) is 6.61 Å². The Labute approximate surface area is 162 Å². The van der Waals surface area contributed by atoms with E-state index in [0.29, 0.717) is 5.56 Å². The SMILES string of the molecule is O=C(O)COc1cccc(/C=C2\SC(=S)N(C(CC(=O)O)C(=O)O)C2=O)c1. The Morgan fingerprint density at radius 1 is 1.22 bits per heavy atom. The van der Waals surface area contributed by atoms with Crippen molar-refractivity contribution in [3.05, 3.63) is 34.7 Å². The number of carbonyl (C=O) groups is 4. The topological polar surface area (TPSA) is 141 Å². The zero-order valence-corrected chi connectivity index (χ0v) is 15.2. The molecule has 1 saturated heterocycles. The number of thioether (sulfide) groups is 1. The van der Waals surface area contributed by atoms with Gasteiger partial charge in [-0.05, 0) is 23.8 Å². The lowest BCUT2D eigenvalue weighted by Crippen LogP contribution is -2.45. The second kappa shape index (κ2) is 8.64. The molecule has 0 saturated carbocycles. The molecule has 9 nitrogen and oxygen atoms in total. The summed E-state index contributed by atoms with van der Waals surface area (Å²) in [4.78, 5) is 46.2. The van der Waals surface area contributed by atoms with E-state index in [1.165, 1.54) is 12.1 Å². The van der Waals surface area contributed by atoms with E-state index >= 15 is 0 Å². The fourth-order valence-corrected chi connectivity index (χ4v) is 3.55. The first-order valence-electron chi connectivity index (χ1n) is 7.35. The Hall–Kier alpha value is -2.92. The number of rotatable bonds is 8. The second-order valence-corrected chi connectivity index (χ2v) is 6.93. The van der Waals surface area contributed by atoms with Gasteiger partial charge in [-0.1, -0.05) is 36.1 Å². The summed E-state index contributed by atoms with van der Waals surface area (Å²) < 4.78 is 5.00. The fraction of sp³-hybridized carbons (Fsp3) is 0.188. The van der Waals surface area contributed by atoms with E-state index in [1.807, 2.05) is 0 Å². The van der Waals surface area contributed by atoms with Crippen molar-refractivity contribution in [3.8, 4) is 5.75 Å². The van der Waals surface area contributed by atoms with E-state index in [1.54, 1.807) is 18.2 Å². The molecule has 1 unspecified atom stereocenters. The average molecular weight is 411 g/mol. The van der Waals surface area contributed by atoms with Crippen LogP contribution in [-0.2, 0) is 19.2 Å². The van der Waals surface area contributed by atoms with Crippen molar-refractivity contribution < 1.29 is 39.2 Å². The van der Waals surface area contributed by atoms with Crippen LogP contribution < -0.4 is 4.74 Å². The number of hydrogen-bond acceptors (Lipinski definition) is 7. The van der Waals surface area contributed by atoms with E-state index in [2.05, 4.69) is 0 Å². The summed E-state index contributed by atoms with van der Waals surface area (Å²) in [6, 6.07) is 4.66. The Morgan fingerprint density at radius 3 is 2.52 bits per heavy atom. The molecule has 1 aromatic rings. The van der Waals surface area contributed by atoms with Crippen molar-refractivity contribution in [2.75, 3.05) is 6.61 Å². The summed E-state index contributed by atoms with van der Waals surface area (Å²) in [5, 5.41) is 26.7. The molecule has 1 heterocycles. The van der Waals surface area contributed by atoms with Crippen LogP contribution in [0.4, 0.5) is 0 Å². The molecular weight excluding hydrogens is 398 g/mol. The van der Waals surface area contributed by atoms with E-state index < -0.39 is 42.9 Å². The maximum Gasteiger partial charge on any atom is 0.341 e. The molecule has 1 aliphatic heterocycles. The first-order valence-corrected chi connectivity index (χ1v) is 8.58. The molecule has 2 rings (SSSR count). The molecule has 27 heavy (non-hydrogen) atoms. The molecule has 0 radical (unpaired) electrons. The number of benzene rings is 1. The number of thiocarbonyl (C=S) groups is 1.